The Bertz CT molecular complexity index is 357. The van der Waals surface area contributed by atoms with Crippen molar-refractivity contribution in [3.63, 3.8) is 0 Å². The van der Waals surface area contributed by atoms with Gasteiger partial charge in [0.15, 0.2) is 0 Å². The molecule has 0 spiro atoms. The zero-order valence-electron chi connectivity index (χ0n) is 12.4. The van der Waals surface area contributed by atoms with Crippen molar-refractivity contribution in [3.8, 4) is 0 Å². The molecule has 21 heavy (non-hydrogen) atoms. The second-order valence-corrected chi connectivity index (χ2v) is 6.47. The zero-order valence-corrected chi connectivity index (χ0v) is 12.4. The topological polar surface area (TPSA) is 46.3 Å². The van der Waals surface area contributed by atoms with Crippen LogP contribution in [0.2, 0.25) is 0 Å². The molecule has 1 heterocycles. The fourth-order valence-corrected chi connectivity index (χ4v) is 3.72. The first kappa shape index (κ1) is 16.6. The van der Waals surface area contributed by atoms with Crippen molar-refractivity contribution in [2.24, 2.45) is 23.5 Å². The van der Waals surface area contributed by atoms with E-state index in [1.165, 1.54) is 4.90 Å². The smallest absolute Gasteiger partial charge is 0.342 e. The molecule has 2 fully saturated rings. The lowest BCUT2D eigenvalue weighted by atomic mass is 9.79. The number of halogens is 3. The lowest BCUT2D eigenvalue weighted by molar-refractivity contribution is -0.189. The minimum absolute atomic E-state index is 0.0642. The van der Waals surface area contributed by atoms with Crippen molar-refractivity contribution < 1.29 is 18.0 Å². The fourth-order valence-electron chi connectivity index (χ4n) is 3.72. The predicted octanol–water partition coefficient (Wildman–Crippen LogP) is 2.94. The molecule has 0 aromatic heterocycles. The number of alkyl halides is 3. The molecule has 2 N–H and O–H groups in total. The quantitative estimate of drug-likeness (QED) is 0.871. The molecular weight excluding hydrogens is 281 g/mol. The maximum Gasteiger partial charge on any atom is 0.393 e. The minimum Gasteiger partial charge on any atom is -0.342 e. The standard InChI is InChI=1S/C15H25F3N2O/c16-15(17,18)13-5-2-8-20(10-13)14(21)12-4-1-3-11(9-12)6-7-19/h11-13H,1-10,19H2. The third kappa shape index (κ3) is 4.34. The Morgan fingerprint density at radius 2 is 1.95 bits per heavy atom. The molecule has 2 rings (SSSR count). The van der Waals surface area contributed by atoms with Gasteiger partial charge in [0.25, 0.3) is 0 Å². The first-order valence-corrected chi connectivity index (χ1v) is 7.97. The Labute approximate surface area is 124 Å². The first-order valence-electron chi connectivity index (χ1n) is 7.97. The van der Waals surface area contributed by atoms with Gasteiger partial charge in [-0.3, -0.25) is 4.79 Å². The van der Waals surface area contributed by atoms with Crippen LogP contribution >= 0.6 is 0 Å². The van der Waals surface area contributed by atoms with Crippen molar-refractivity contribution in [1.82, 2.24) is 4.90 Å². The van der Waals surface area contributed by atoms with Crippen molar-refractivity contribution in [3.05, 3.63) is 0 Å². The summed E-state index contributed by atoms with van der Waals surface area (Å²) in [7, 11) is 0. The second-order valence-electron chi connectivity index (χ2n) is 6.47. The molecule has 1 aliphatic carbocycles. The van der Waals surface area contributed by atoms with E-state index in [2.05, 4.69) is 0 Å². The maximum atomic E-state index is 12.8. The number of nitrogens with two attached hydrogens (primary N) is 1. The zero-order chi connectivity index (χ0) is 15.5. The Morgan fingerprint density at radius 1 is 1.19 bits per heavy atom. The molecule has 6 heteroatoms. The summed E-state index contributed by atoms with van der Waals surface area (Å²) in [5.41, 5.74) is 5.57. The number of carbonyl (C=O) groups is 1. The minimum atomic E-state index is -4.19. The summed E-state index contributed by atoms with van der Waals surface area (Å²) in [6, 6.07) is 0. The van der Waals surface area contributed by atoms with Crippen LogP contribution in [-0.4, -0.2) is 36.6 Å². The predicted molar refractivity (Wildman–Crippen MR) is 74.5 cm³/mol. The molecule has 1 saturated carbocycles. The van der Waals surface area contributed by atoms with E-state index in [0.717, 1.165) is 32.1 Å². The molecular formula is C15H25F3N2O. The lowest BCUT2D eigenvalue weighted by Gasteiger charge is -2.37. The largest absolute Gasteiger partial charge is 0.393 e. The van der Waals surface area contributed by atoms with Gasteiger partial charge in [-0.1, -0.05) is 12.8 Å². The van der Waals surface area contributed by atoms with Gasteiger partial charge in [0.1, 0.15) is 0 Å². The summed E-state index contributed by atoms with van der Waals surface area (Å²) in [6.45, 7) is 0.940. The summed E-state index contributed by atoms with van der Waals surface area (Å²) >= 11 is 0. The van der Waals surface area contributed by atoms with Gasteiger partial charge in [-0.05, 0) is 44.6 Å². The van der Waals surface area contributed by atoms with E-state index < -0.39 is 12.1 Å². The molecule has 1 saturated heterocycles. The highest BCUT2D eigenvalue weighted by molar-refractivity contribution is 5.79. The maximum absolute atomic E-state index is 12.8. The monoisotopic (exact) mass is 306 g/mol. The summed E-state index contributed by atoms with van der Waals surface area (Å²) < 4.78 is 38.5. The molecule has 0 aromatic carbocycles. The van der Waals surface area contributed by atoms with Crippen molar-refractivity contribution in [2.75, 3.05) is 19.6 Å². The highest BCUT2D eigenvalue weighted by Gasteiger charge is 2.43. The van der Waals surface area contributed by atoms with Crippen LogP contribution in [0.4, 0.5) is 13.2 Å². The average molecular weight is 306 g/mol. The van der Waals surface area contributed by atoms with Gasteiger partial charge in [0.2, 0.25) is 5.91 Å². The van der Waals surface area contributed by atoms with Crippen molar-refractivity contribution in [1.29, 1.82) is 0 Å². The van der Waals surface area contributed by atoms with E-state index in [-0.39, 0.29) is 24.8 Å². The number of piperidine rings is 1. The van der Waals surface area contributed by atoms with Crippen LogP contribution < -0.4 is 5.73 Å². The number of hydrogen-bond donors (Lipinski definition) is 1. The van der Waals surface area contributed by atoms with Crippen LogP contribution in [0.5, 0.6) is 0 Å². The van der Waals surface area contributed by atoms with E-state index in [1.54, 1.807) is 0 Å². The van der Waals surface area contributed by atoms with Gasteiger partial charge in [0.05, 0.1) is 5.92 Å². The third-order valence-electron chi connectivity index (χ3n) is 4.90. The molecule has 3 unspecified atom stereocenters. The molecule has 3 atom stereocenters. The van der Waals surface area contributed by atoms with Gasteiger partial charge in [-0.15, -0.1) is 0 Å². The van der Waals surface area contributed by atoms with Crippen LogP contribution in [0.1, 0.15) is 44.9 Å². The molecule has 0 bridgehead atoms. The summed E-state index contributed by atoms with van der Waals surface area (Å²) in [5, 5.41) is 0. The third-order valence-corrected chi connectivity index (χ3v) is 4.90. The average Bonchev–Trinajstić information content (AvgIpc) is 2.46. The van der Waals surface area contributed by atoms with Gasteiger partial charge in [-0.25, -0.2) is 0 Å². The van der Waals surface area contributed by atoms with Gasteiger partial charge in [-0.2, -0.15) is 13.2 Å². The molecule has 122 valence electrons. The van der Waals surface area contributed by atoms with Crippen molar-refractivity contribution >= 4 is 5.91 Å². The van der Waals surface area contributed by atoms with Crippen LogP contribution in [0.3, 0.4) is 0 Å². The summed E-state index contributed by atoms with van der Waals surface area (Å²) in [5.74, 6) is -1.05. The SMILES string of the molecule is NCCC1CCCC(C(=O)N2CCCC(C(F)(F)F)C2)C1. The van der Waals surface area contributed by atoms with Crippen molar-refractivity contribution in [2.45, 2.75) is 51.1 Å². The second kappa shape index (κ2) is 6.99. The van der Waals surface area contributed by atoms with Crippen LogP contribution in [0.15, 0.2) is 0 Å². The summed E-state index contributed by atoms with van der Waals surface area (Å²) in [6.07, 6.45) is 1.01. The molecule has 1 aliphatic heterocycles. The van der Waals surface area contributed by atoms with E-state index in [1.807, 2.05) is 0 Å². The van der Waals surface area contributed by atoms with E-state index in [9.17, 15) is 18.0 Å². The highest BCUT2D eigenvalue weighted by atomic mass is 19.4. The molecule has 1 amide bonds. The molecule has 3 nitrogen and oxygen atoms in total. The molecule has 0 radical (unpaired) electrons. The van der Waals surface area contributed by atoms with Crippen LogP contribution in [0.25, 0.3) is 0 Å². The Balaban J connectivity index is 1.92. The van der Waals surface area contributed by atoms with Crippen LogP contribution in [0, 0.1) is 17.8 Å². The number of nitrogens with zero attached hydrogens (tertiary/aromatic N) is 1. The molecule has 0 aromatic rings. The normalized spacial score (nSPS) is 31.2. The van der Waals surface area contributed by atoms with E-state index in [0.29, 0.717) is 25.4 Å². The molecule has 2 aliphatic rings. The number of hydrogen-bond acceptors (Lipinski definition) is 2. The first-order chi connectivity index (χ1) is 9.91. The number of rotatable bonds is 3. The van der Waals surface area contributed by atoms with Gasteiger partial charge < -0.3 is 10.6 Å². The number of carbonyl (C=O) groups excluding carboxylic acids is 1. The van der Waals surface area contributed by atoms with E-state index >= 15 is 0 Å². The van der Waals surface area contributed by atoms with Crippen LogP contribution in [-0.2, 0) is 4.79 Å². The summed E-state index contributed by atoms with van der Waals surface area (Å²) in [4.78, 5) is 14.0. The number of likely N-dealkylation sites (tertiary alicyclic amines) is 1. The Kier molecular flexibility index (Phi) is 5.52. The van der Waals surface area contributed by atoms with Gasteiger partial charge in [0, 0.05) is 19.0 Å². The lowest BCUT2D eigenvalue weighted by Crippen LogP contribution is -2.47. The fraction of sp³-hybridized carbons (Fsp3) is 0.933. The highest BCUT2D eigenvalue weighted by Crippen LogP contribution is 2.36. The van der Waals surface area contributed by atoms with E-state index in [4.69, 9.17) is 5.73 Å². The Hall–Kier alpha value is -0.780. The Morgan fingerprint density at radius 3 is 2.62 bits per heavy atom. The van der Waals surface area contributed by atoms with Gasteiger partial charge >= 0.3 is 6.18 Å². The number of amides is 1.